The highest BCUT2D eigenvalue weighted by molar-refractivity contribution is 7.90. The van der Waals surface area contributed by atoms with Crippen LogP contribution in [0.2, 0.25) is 0 Å². The maximum Gasteiger partial charge on any atom is 0.343 e. The van der Waals surface area contributed by atoms with Crippen molar-refractivity contribution < 1.29 is 22.9 Å². The maximum absolute atomic E-state index is 12.5. The minimum absolute atomic E-state index is 0.00475. The van der Waals surface area contributed by atoms with E-state index in [1.807, 2.05) is 0 Å². The number of carbonyl (C=O) groups is 1. The van der Waals surface area contributed by atoms with Crippen molar-refractivity contribution in [3.63, 3.8) is 0 Å². The summed E-state index contributed by atoms with van der Waals surface area (Å²) >= 11 is 0. The first-order chi connectivity index (χ1) is 14.3. The number of nitrogens with zero attached hydrogens (tertiary/aromatic N) is 2. The first-order valence-corrected chi connectivity index (χ1v) is 10.1. The van der Waals surface area contributed by atoms with Gasteiger partial charge >= 0.3 is 5.97 Å². The van der Waals surface area contributed by atoms with Gasteiger partial charge in [0.2, 0.25) is 0 Å². The number of fused-ring (bicyclic) bond motifs is 1. The number of amidine groups is 1. The third-order valence-electron chi connectivity index (χ3n) is 4.27. The molecule has 0 bridgehead atoms. The van der Waals surface area contributed by atoms with E-state index in [2.05, 4.69) is 9.71 Å². The molecule has 0 atom stereocenters. The summed E-state index contributed by atoms with van der Waals surface area (Å²) in [5.74, 6) is -0.586. The van der Waals surface area contributed by atoms with Crippen molar-refractivity contribution >= 4 is 33.2 Å². The Morgan fingerprint density at radius 2 is 1.73 bits per heavy atom. The number of nitrogens with one attached hydrogen (secondary N) is 1. The molecule has 9 nitrogen and oxygen atoms in total. The van der Waals surface area contributed by atoms with Crippen molar-refractivity contribution in [2.45, 2.75) is 4.90 Å². The van der Waals surface area contributed by atoms with Gasteiger partial charge in [0.15, 0.2) is 11.6 Å². The number of hydrogen-bond donors (Lipinski definition) is 1. The van der Waals surface area contributed by atoms with Gasteiger partial charge in [-0.2, -0.15) is 8.42 Å². The Bertz CT molecular complexity index is 1320. The first kappa shape index (κ1) is 19.3. The second-order valence-electron chi connectivity index (χ2n) is 6.23. The standard InChI is InChI=1S/C20H13N3O6S/c24-20(13-6-5-7-14(12-13)23(25)26)29-17-10-3-2-9-16(17)21-19-15-8-1-4-11-18(15)30(27,28)22-19/h1-12H,(H,21,22). The number of hydrogen-bond acceptors (Lipinski definition) is 7. The Hall–Kier alpha value is -4.05. The molecule has 1 aliphatic heterocycles. The largest absolute Gasteiger partial charge is 0.421 e. The van der Waals surface area contributed by atoms with Gasteiger partial charge in [-0.3, -0.25) is 10.1 Å². The van der Waals surface area contributed by atoms with Crippen molar-refractivity contribution in [2.75, 3.05) is 5.32 Å². The molecule has 1 N–H and O–H groups in total. The van der Waals surface area contributed by atoms with Crippen LogP contribution in [0.1, 0.15) is 15.9 Å². The third-order valence-corrected chi connectivity index (χ3v) is 5.60. The van der Waals surface area contributed by atoms with Gasteiger partial charge in [0.1, 0.15) is 4.90 Å². The van der Waals surface area contributed by atoms with Gasteiger partial charge in [0.05, 0.1) is 16.2 Å². The summed E-state index contributed by atoms with van der Waals surface area (Å²) < 4.78 is 33.6. The van der Waals surface area contributed by atoms with E-state index in [0.717, 1.165) is 6.07 Å². The molecule has 30 heavy (non-hydrogen) atoms. The average molecular weight is 423 g/mol. The van der Waals surface area contributed by atoms with Gasteiger partial charge in [-0.1, -0.05) is 30.3 Å². The highest BCUT2D eigenvalue weighted by Gasteiger charge is 2.29. The molecule has 10 heteroatoms. The quantitative estimate of drug-likeness (QED) is 0.295. The van der Waals surface area contributed by atoms with E-state index in [9.17, 15) is 23.3 Å². The van der Waals surface area contributed by atoms with E-state index >= 15 is 0 Å². The van der Waals surface area contributed by atoms with Crippen molar-refractivity contribution in [1.82, 2.24) is 0 Å². The van der Waals surface area contributed by atoms with Gasteiger partial charge in [0.25, 0.3) is 15.7 Å². The van der Waals surface area contributed by atoms with Crippen molar-refractivity contribution in [2.24, 2.45) is 4.40 Å². The fraction of sp³-hybridized carbons (Fsp3) is 0. The summed E-state index contributed by atoms with van der Waals surface area (Å²) in [6, 6.07) is 17.9. The van der Waals surface area contributed by atoms with E-state index in [1.54, 1.807) is 36.4 Å². The maximum atomic E-state index is 12.5. The fourth-order valence-corrected chi connectivity index (χ4v) is 4.06. The van der Waals surface area contributed by atoms with Gasteiger partial charge in [-0.25, -0.2) is 4.79 Å². The Morgan fingerprint density at radius 1 is 1.00 bits per heavy atom. The Labute approximate surface area is 170 Å². The molecule has 0 aliphatic carbocycles. The summed E-state index contributed by atoms with van der Waals surface area (Å²) in [6.45, 7) is 0. The molecule has 1 aliphatic rings. The number of nitro groups is 1. The van der Waals surface area contributed by atoms with Crippen LogP contribution in [0.4, 0.5) is 11.4 Å². The van der Waals surface area contributed by atoms with E-state index in [-0.39, 0.29) is 27.7 Å². The van der Waals surface area contributed by atoms with Crippen molar-refractivity contribution in [3.8, 4) is 5.75 Å². The molecule has 3 aromatic rings. The fourth-order valence-electron chi connectivity index (χ4n) is 2.89. The predicted octanol–water partition coefficient (Wildman–Crippen LogP) is 3.38. The van der Waals surface area contributed by atoms with E-state index < -0.39 is 20.9 Å². The number of carbonyl (C=O) groups excluding carboxylic acids is 1. The zero-order valence-electron chi connectivity index (χ0n) is 15.2. The highest BCUT2D eigenvalue weighted by atomic mass is 32.2. The number of sulfonamides is 1. The normalized spacial score (nSPS) is 13.8. The van der Waals surface area contributed by atoms with Crippen LogP contribution in [-0.4, -0.2) is 25.1 Å². The lowest BCUT2D eigenvalue weighted by molar-refractivity contribution is -0.384. The van der Waals surface area contributed by atoms with Crippen molar-refractivity contribution in [3.05, 3.63) is 94.0 Å². The molecular weight excluding hydrogens is 410 g/mol. The second-order valence-corrected chi connectivity index (χ2v) is 7.80. The molecule has 0 fully saturated rings. The molecular formula is C20H13N3O6S. The lowest BCUT2D eigenvalue weighted by Gasteiger charge is -2.12. The summed E-state index contributed by atoms with van der Waals surface area (Å²) in [5, 5.41) is 13.8. The smallest absolute Gasteiger partial charge is 0.343 e. The Balaban J connectivity index is 1.62. The lowest BCUT2D eigenvalue weighted by Crippen LogP contribution is -2.14. The summed E-state index contributed by atoms with van der Waals surface area (Å²) in [4.78, 5) is 22.9. The predicted molar refractivity (Wildman–Crippen MR) is 108 cm³/mol. The van der Waals surface area contributed by atoms with Crippen LogP contribution in [0.3, 0.4) is 0 Å². The molecule has 150 valence electrons. The minimum Gasteiger partial charge on any atom is -0.421 e. The van der Waals surface area contributed by atoms with E-state index in [0.29, 0.717) is 11.3 Å². The van der Waals surface area contributed by atoms with Crippen LogP contribution in [0, 0.1) is 10.1 Å². The second kappa shape index (κ2) is 7.41. The van der Waals surface area contributed by atoms with Crippen LogP contribution in [-0.2, 0) is 10.0 Å². The van der Waals surface area contributed by atoms with Crippen LogP contribution in [0.5, 0.6) is 5.75 Å². The molecule has 0 spiro atoms. The number of ether oxygens (including phenoxy) is 1. The molecule has 0 unspecified atom stereocenters. The number of nitro benzene ring substituents is 1. The molecule has 0 radical (unpaired) electrons. The zero-order valence-corrected chi connectivity index (χ0v) is 16.0. The molecule has 4 rings (SSSR count). The summed E-state index contributed by atoms with van der Waals surface area (Å²) in [7, 11) is -3.81. The SMILES string of the molecule is O=C(Oc1ccccc1NC1=NS(=O)(=O)c2ccccc21)c1cccc([N+](=O)[O-])c1. The van der Waals surface area contributed by atoms with E-state index in [1.165, 1.54) is 30.3 Å². The van der Waals surface area contributed by atoms with Gasteiger partial charge < -0.3 is 10.1 Å². The highest BCUT2D eigenvalue weighted by Crippen LogP contribution is 2.30. The number of esters is 1. The van der Waals surface area contributed by atoms with Crippen LogP contribution in [0.25, 0.3) is 0 Å². The topological polar surface area (TPSA) is 128 Å². The van der Waals surface area contributed by atoms with Gasteiger partial charge in [0, 0.05) is 17.7 Å². The minimum atomic E-state index is -3.81. The third kappa shape index (κ3) is 3.63. The summed E-state index contributed by atoms with van der Waals surface area (Å²) in [5.41, 5.74) is 0.474. The Morgan fingerprint density at radius 3 is 2.53 bits per heavy atom. The number of para-hydroxylation sites is 2. The molecule has 0 saturated carbocycles. The molecule has 0 saturated heterocycles. The zero-order chi connectivity index (χ0) is 21.3. The molecule has 0 amide bonds. The molecule has 3 aromatic carbocycles. The number of anilines is 1. The Kier molecular flexibility index (Phi) is 4.76. The van der Waals surface area contributed by atoms with Gasteiger partial charge in [-0.15, -0.1) is 4.40 Å². The number of non-ortho nitro benzene ring substituents is 1. The summed E-state index contributed by atoms with van der Waals surface area (Å²) in [6.07, 6.45) is 0. The molecule has 1 heterocycles. The van der Waals surface area contributed by atoms with Crippen LogP contribution >= 0.6 is 0 Å². The number of rotatable bonds is 4. The van der Waals surface area contributed by atoms with Crippen LogP contribution in [0.15, 0.2) is 82.1 Å². The van der Waals surface area contributed by atoms with Crippen molar-refractivity contribution in [1.29, 1.82) is 0 Å². The first-order valence-electron chi connectivity index (χ1n) is 8.62. The van der Waals surface area contributed by atoms with Crippen LogP contribution < -0.4 is 10.1 Å². The lowest BCUT2D eigenvalue weighted by atomic mass is 10.2. The number of benzene rings is 3. The monoisotopic (exact) mass is 423 g/mol. The van der Waals surface area contributed by atoms with E-state index in [4.69, 9.17) is 4.74 Å². The molecule has 0 aromatic heterocycles. The van der Waals surface area contributed by atoms with Gasteiger partial charge in [-0.05, 0) is 30.3 Å². The average Bonchev–Trinajstić information content (AvgIpc) is 3.00.